The number of sulfonamides is 1. The van der Waals surface area contributed by atoms with E-state index >= 15 is 0 Å². The second-order valence-electron chi connectivity index (χ2n) is 8.30. The summed E-state index contributed by atoms with van der Waals surface area (Å²) < 4.78 is 33.3. The predicted octanol–water partition coefficient (Wildman–Crippen LogP) is 4.72. The number of hydrogen-bond donors (Lipinski definition) is 3. The molecule has 0 spiro atoms. The monoisotopic (exact) mass is 511 g/mol. The van der Waals surface area contributed by atoms with Crippen LogP contribution in [0.2, 0.25) is 0 Å². The Hall–Kier alpha value is -3.27. The molecule has 0 atom stereocenters. The number of anilines is 1. The number of carbonyl (C=O) groups is 1. The second-order valence-corrected chi connectivity index (χ2v) is 10.5. The van der Waals surface area contributed by atoms with Crippen LogP contribution in [0.5, 0.6) is 5.75 Å². The summed E-state index contributed by atoms with van der Waals surface area (Å²) >= 11 is 5.22. The zero-order valence-corrected chi connectivity index (χ0v) is 21.3. The van der Waals surface area contributed by atoms with Gasteiger partial charge in [-0.1, -0.05) is 44.2 Å². The molecule has 3 N–H and O–H groups in total. The second kappa shape index (κ2) is 12.4. The summed E-state index contributed by atoms with van der Waals surface area (Å²) in [4.78, 5) is 12.6. The van der Waals surface area contributed by atoms with Gasteiger partial charge in [-0.05, 0) is 78.7 Å². The summed E-state index contributed by atoms with van der Waals surface area (Å²) in [5.41, 5.74) is 1.85. The lowest BCUT2D eigenvalue weighted by Crippen LogP contribution is -2.34. The molecule has 0 saturated heterocycles. The van der Waals surface area contributed by atoms with Crippen molar-refractivity contribution in [3.05, 3.63) is 90.0 Å². The Morgan fingerprint density at radius 1 is 0.943 bits per heavy atom. The molecule has 184 valence electrons. The van der Waals surface area contributed by atoms with E-state index in [1.54, 1.807) is 36.4 Å². The third-order valence-electron chi connectivity index (χ3n) is 5.04. The van der Waals surface area contributed by atoms with E-state index in [1.807, 2.05) is 30.3 Å². The van der Waals surface area contributed by atoms with Crippen LogP contribution in [0.15, 0.2) is 83.8 Å². The van der Waals surface area contributed by atoms with Crippen molar-refractivity contribution < 1.29 is 17.9 Å². The van der Waals surface area contributed by atoms with E-state index in [2.05, 4.69) is 29.2 Å². The van der Waals surface area contributed by atoms with Crippen LogP contribution in [0.25, 0.3) is 0 Å². The Morgan fingerprint density at radius 3 is 2.23 bits per heavy atom. The first kappa shape index (κ1) is 26.3. The van der Waals surface area contributed by atoms with Crippen LogP contribution in [-0.2, 0) is 16.6 Å². The average molecular weight is 512 g/mol. The quantitative estimate of drug-likeness (QED) is 0.341. The van der Waals surface area contributed by atoms with E-state index < -0.39 is 10.0 Å². The van der Waals surface area contributed by atoms with E-state index in [0.717, 1.165) is 12.0 Å². The maximum atomic E-state index is 12.5. The smallest absolute Gasteiger partial charge is 0.257 e. The molecule has 0 aliphatic rings. The third kappa shape index (κ3) is 8.47. The van der Waals surface area contributed by atoms with Gasteiger partial charge in [-0.3, -0.25) is 10.1 Å². The standard InChI is InChI=1S/C26H29N3O4S2/c1-19(2)16-17-33-23-12-8-21(9-13-23)25(30)29-26(34)28-22-10-14-24(15-11-22)35(31,32)27-18-20-6-4-3-5-7-20/h3-15,19,27H,16-18H2,1-2H3,(H2,28,29,30,34). The van der Waals surface area contributed by atoms with Crippen LogP contribution >= 0.6 is 12.2 Å². The lowest BCUT2D eigenvalue weighted by Gasteiger charge is -2.12. The molecule has 0 fully saturated rings. The van der Waals surface area contributed by atoms with Gasteiger partial charge < -0.3 is 10.1 Å². The van der Waals surface area contributed by atoms with Crippen molar-refractivity contribution in [3.63, 3.8) is 0 Å². The van der Waals surface area contributed by atoms with Gasteiger partial charge in [0, 0.05) is 17.8 Å². The molecule has 0 saturated carbocycles. The van der Waals surface area contributed by atoms with Crippen LogP contribution in [0.4, 0.5) is 5.69 Å². The van der Waals surface area contributed by atoms with Crippen molar-refractivity contribution in [2.45, 2.75) is 31.7 Å². The van der Waals surface area contributed by atoms with Gasteiger partial charge in [0.15, 0.2) is 5.11 Å². The van der Waals surface area contributed by atoms with Crippen LogP contribution in [-0.4, -0.2) is 26.0 Å². The molecule has 1 amide bonds. The number of ether oxygens (including phenoxy) is 1. The fourth-order valence-electron chi connectivity index (χ4n) is 3.03. The Labute approximate surface area is 212 Å². The molecule has 3 aromatic carbocycles. The SMILES string of the molecule is CC(C)CCOc1ccc(C(=O)NC(=S)Nc2ccc(S(=O)(=O)NCc3ccccc3)cc2)cc1. The lowest BCUT2D eigenvalue weighted by atomic mass is 10.1. The lowest BCUT2D eigenvalue weighted by molar-refractivity contribution is 0.0977. The Bertz CT molecular complexity index is 1230. The molecule has 0 aromatic heterocycles. The molecule has 0 radical (unpaired) electrons. The zero-order chi connectivity index (χ0) is 25.3. The van der Waals surface area contributed by atoms with Crippen molar-refractivity contribution in [3.8, 4) is 5.75 Å². The fraction of sp³-hybridized carbons (Fsp3) is 0.231. The highest BCUT2D eigenvalue weighted by Crippen LogP contribution is 2.16. The molecule has 9 heteroatoms. The van der Waals surface area contributed by atoms with Gasteiger partial charge in [-0.15, -0.1) is 0 Å². The molecule has 0 aliphatic carbocycles. The van der Waals surface area contributed by atoms with Gasteiger partial charge in [0.25, 0.3) is 5.91 Å². The maximum Gasteiger partial charge on any atom is 0.257 e. The van der Waals surface area contributed by atoms with E-state index in [4.69, 9.17) is 17.0 Å². The summed E-state index contributed by atoms with van der Waals surface area (Å²) in [6.45, 7) is 5.09. The largest absolute Gasteiger partial charge is 0.494 e. The Kier molecular flexibility index (Phi) is 9.36. The first-order chi connectivity index (χ1) is 16.7. The van der Waals surface area contributed by atoms with Gasteiger partial charge in [0.1, 0.15) is 5.75 Å². The Morgan fingerprint density at radius 2 is 1.60 bits per heavy atom. The third-order valence-corrected chi connectivity index (χ3v) is 6.66. The molecule has 0 unspecified atom stereocenters. The fourth-order valence-corrected chi connectivity index (χ4v) is 4.26. The van der Waals surface area contributed by atoms with Crippen LogP contribution in [0.3, 0.4) is 0 Å². The number of benzene rings is 3. The van der Waals surface area contributed by atoms with Crippen molar-refractivity contribution in [2.75, 3.05) is 11.9 Å². The van der Waals surface area contributed by atoms with E-state index in [0.29, 0.717) is 29.5 Å². The number of hydrogen-bond acceptors (Lipinski definition) is 5. The van der Waals surface area contributed by atoms with E-state index in [1.165, 1.54) is 12.1 Å². The van der Waals surface area contributed by atoms with Gasteiger partial charge in [-0.2, -0.15) is 0 Å². The van der Waals surface area contributed by atoms with Gasteiger partial charge in [0.2, 0.25) is 10.0 Å². The molecule has 3 rings (SSSR count). The molecule has 35 heavy (non-hydrogen) atoms. The normalized spacial score (nSPS) is 11.2. The number of rotatable bonds is 10. The van der Waals surface area contributed by atoms with Crippen LogP contribution in [0.1, 0.15) is 36.2 Å². The minimum atomic E-state index is -3.66. The molecule has 7 nitrogen and oxygen atoms in total. The first-order valence-corrected chi connectivity index (χ1v) is 13.1. The van der Waals surface area contributed by atoms with Crippen LogP contribution in [0, 0.1) is 5.92 Å². The molecule has 0 bridgehead atoms. The molecular formula is C26H29N3O4S2. The zero-order valence-electron chi connectivity index (χ0n) is 19.7. The minimum Gasteiger partial charge on any atom is -0.494 e. The predicted molar refractivity (Wildman–Crippen MR) is 142 cm³/mol. The number of nitrogens with one attached hydrogen (secondary N) is 3. The van der Waals surface area contributed by atoms with E-state index in [9.17, 15) is 13.2 Å². The van der Waals surface area contributed by atoms with Gasteiger partial charge in [0.05, 0.1) is 11.5 Å². The van der Waals surface area contributed by atoms with Crippen molar-refractivity contribution in [1.82, 2.24) is 10.0 Å². The van der Waals surface area contributed by atoms with Crippen molar-refractivity contribution in [1.29, 1.82) is 0 Å². The highest BCUT2D eigenvalue weighted by atomic mass is 32.2. The summed E-state index contributed by atoms with van der Waals surface area (Å²) in [6.07, 6.45) is 0.958. The topological polar surface area (TPSA) is 96.5 Å². The van der Waals surface area contributed by atoms with Gasteiger partial charge >= 0.3 is 0 Å². The molecule has 3 aromatic rings. The van der Waals surface area contributed by atoms with E-state index in [-0.39, 0.29) is 22.5 Å². The maximum absolute atomic E-state index is 12.5. The van der Waals surface area contributed by atoms with Gasteiger partial charge in [-0.25, -0.2) is 13.1 Å². The first-order valence-electron chi connectivity index (χ1n) is 11.2. The highest BCUT2D eigenvalue weighted by Gasteiger charge is 2.14. The number of thiocarbonyl (C=S) groups is 1. The molecular weight excluding hydrogens is 482 g/mol. The number of amides is 1. The summed E-state index contributed by atoms with van der Waals surface area (Å²) in [5, 5.41) is 5.61. The average Bonchev–Trinajstić information content (AvgIpc) is 2.84. The number of carbonyl (C=O) groups excluding carboxylic acids is 1. The van der Waals surface area contributed by atoms with Crippen LogP contribution < -0.4 is 20.1 Å². The summed E-state index contributed by atoms with van der Waals surface area (Å²) in [7, 11) is -3.66. The summed E-state index contributed by atoms with van der Waals surface area (Å²) in [6, 6.07) is 22.2. The minimum absolute atomic E-state index is 0.102. The summed E-state index contributed by atoms with van der Waals surface area (Å²) in [5.74, 6) is 0.905. The molecule has 0 heterocycles. The highest BCUT2D eigenvalue weighted by molar-refractivity contribution is 7.89. The Balaban J connectivity index is 1.50. The van der Waals surface area contributed by atoms with Crippen molar-refractivity contribution >= 4 is 38.9 Å². The van der Waals surface area contributed by atoms with Crippen molar-refractivity contribution in [2.24, 2.45) is 5.92 Å². The molecule has 0 aliphatic heterocycles.